The van der Waals surface area contributed by atoms with Gasteiger partial charge in [-0.2, -0.15) is 0 Å². The van der Waals surface area contributed by atoms with Gasteiger partial charge >= 0.3 is 11.9 Å². The molecule has 1 atom stereocenters. The number of carbonyl (C=O) groups is 3. The first-order chi connectivity index (χ1) is 10.3. The van der Waals surface area contributed by atoms with Gasteiger partial charge in [-0.15, -0.1) is 0 Å². The number of rotatable bonds is 5. The van der Waals surface area contributed by atoms with Crippen LogP contribution in [0.5, 0.6) is 0 Å². The number of carboxylic acids is 2. The lowest BCUT2D eigenvalue weighted by Crippen LogP contribution is -2.45. The summed E-state index contributed by atoms with van der Waals surface area (Å²) in [5.74, 6) is -3.03. The Morgan fingerprint density at radius 1 is 1.45 bits per heavy atom. The Morgan fingerprint density at radius 3 is 2.64 bits per heavy atom. The van der Waals surface area contributed by atoms with Crippen molar-refractivity contribution < 1.29 is 29.0 Å². The predicted octanol–water partition coefficient (Wildman–Crippen LogP) is 2.17. The van der Waals surface area contributed by atoms with Crippen molar-refractivity contribution in [2.45, 2.75) is 12.5 Å². The van der Waals surface area contributed by atoms with Gasteiger partial charge < -0.3 is 14.6 Å². The Hall–Kier alpha value is -1.65. The molecule has 10 heteroatoms. The summed E-state index contributed by atoms with van der Waals surface area (Å²) in [5, 5.41) is 17.9. The molecule has 2 rings (SSSR count). The van der Waals surface area contributed by atoms with E-state index >= 15 is 0 Å². The molecule has 2 heterocycles. The number of carbonyl (C=O) groups excluding carboxylic acids is 1. The third-order valence-electron chi connectivity index (χ3n) is 2.66. The second-order valence-electron chi connectivity index (χ2n) is 4.15. The number of nitrogens with zero attached hydrogens (tertiary/aromatic N) is 1. The van der Waals surface area contributed by atoms with Crippen LogP contribution in [0.2, 0.25) is 0 Å². The SMILES string of the molecule is O=C(O)CC(C(=O)O)N1C(=O)/C(=C\c2ccc(Br)o2)SC1=S. The van der Waals surface area contributed by atoms with Crippen LogP contribution in [0.25, 0.3) is 6.08 Å². The molecule has 1 saturated heterocycles. The first-order valence-corrected chi connectivity index (χ1v) is 7.78. The van der Waals surface area contributed by atoms with Crippen LogP contribution in [-0.2, 0) is 14.4 Å². The first kappa shape index (κ1) is 16.7. The Balaban J connectivity index is 2.29. The van der Waals surface area contributed by atoms with E-state index in [9.17, 15) is 14.4 Å². The van der Waals surface area contributed by atoms with Crippen LogP contribution in [0.4, 0.5) is 0 Å². The van der Waals surface area contributed by atoms with E-state index in [1.165, 1.54) is 6.08 Å². The number of amides is 1. The molecule has 1 aliphatic heterocycles. The number of furan rings is 1. The molecule has 1 fully saturated rings. The van der Waals surface area contributed by atoms with Crippen LogP contribution in [0.3, 0.4) is 0 Å². The molecule has 7 nitrogen and oxygen atoms in total. The van der Waals surface area contributed by atoms with Gasteiger partial charge in [-0.05, 0) is 28.1 Å². The average molecular weight is 406 g/mol. The Labute approximate surface area is 142 Å². The van der Waals surface area contributed by atoms with Crippen LogP contribution < -0.4 is 0 Å². The van der Waals surface area contributed by atoms with Crippen molar-refractivity contribution in [2.75, 3.05) is 0 Å². The second kappa shape index (κ2) is 6.63. The van der Waals surface area contributed by atoms with Gasteiger partial charge in [-0.1, -0.05) is 24.0 Å². The number of thioether (sulfide) groups is 1. The highest BCUT2D eigenvalue weighted by Gasteiger charge is 2.41. The number of aliphatic carboxylic acids is 2. The van der Waals surface area contributed by atoms with Crippen LogP contribution in [-0.4, -0.2) is 43.3 Å². The molecular weight excluding hydrogens is 398 g/mol. The van der Waals surface area contributed by atoms with Crippen molar-refractivity contribution in [1.29, 1.82) is 0 Å². The molecule has 116 valence electrons. The molecule has 1 aliphatic rings. The van der Waals surface area contributed by atoms with Crippen LogP contribution >= 0.6 is 39.9 Å². The quantitative estimate of drug-likeness (QED) is 0.566. The lowest BCUT2D eigenvalue weighted by Gasteiger charge is -2.21. The van der Waals surface area contributed by atoms with Crippen molar-refractivity contribution >= 4 is 68.2 Å². The maximum atomic E-state index is 12.3. The summed E-state index contributed by atoms with van der Waals surface area (Å²) in [5.41, 5.74) is 0. The number of carboxylic acid groups (broad SMARTS) is 2. The second-order valence-corrected chi connectivity index (χ2v) is 6.60. The molecule has 0 radical (unpaired) electrons. The fourth-order valence-corrected chi connectivity index (χ4v) is 3.39. The van der Waals surface area contributed by atoms with Crippen molar-refractivity contribution in [3.05, 3.63) is 27.5 Å². The van der Waals surface area contributed by atoms with Gasteiger partial charge in [0.2, 0.25) is 0 Å². The van der Waals surface area contributed by atoms with Gasteiger partial charge in [0.25, 0.3) is 5.91 Å². The summed E-state index contributed by atoms with van der Waals surface area (Å²) < 4.78 is 5.71. The fourth-order valence-electron chi connectivity index (χ4n) is 1.74. The maximum absolute atomic E-state index is 12.3. The van der Waals surface area contributed by atoms with E-state index in [0.29, 0.717) is 10.4 Å². The summed E-state index contributed by atoms with van der Waals surface area (Å²) in [7, 11) is 0. The highest BCUT2D eigenvalue weighted by atomic mass is 79.9. The van der Waals surface area contributed by atoms with E-state index in [-0.39, 0.29) is 9.23 Å². The number of thiocarbonyl (C=S) groups is 1. The van der Waals surface area contributed by atoms with Gasteiger partial charge in [0, 0.05) is 6.08 Å². The number of hydrogen-bond donors (Lipinski definition) is 2. The summed E-state index contributed by atoms with van der Waals surface area (Å²) in [4.78, 5) is 35.3. The van der Waals surface area contributed by atoms with Gasteiger partial charge in [-0.25, -0.2) is 4.79 Å². The van der Waals surface area contributed by atoms with E-state index in [1.807, 2.05) is 0 Å². The Bertz CT molecular complexity index is 698. The molecule has 0 spiro atoms. The lowest BCUT2D eigenvalue weighted by molar-refractivity contribution is -0.150. The summed E-state index contributed by atoms with van der Waals surface area (Å²) in [6.07, 6.45) is 0.686. The third-order valence-corrected chi connectivity index (χ3v) is 4.41. The molecule has 1 unspecified atom stereocenters. The molecule has 0 bridgehead atoms. The zero-order chi connectivity index (χ0) is 16.4. The van der Waals surface area contributed by atoms with E-state index in [1.54, 1.807) is 12.1 Å². The molecule has 1 amide bonds. The average Bonchev–Trinajstić information content (AvgIpc) is 2.92. The lowest BCUT2D eigenvalue weighted by atomic mass is 10.2. The third kappa shape index (κ3) is 3.57. The minimum atomic E-state index is -1.54. The number of hydrogen-bond acceptors (Lipinski definition) is 6. The van der Waals surface area contributed by atoms with Gasteiger partial charge in [0.15, 0.2) is 4.67 Å². The minimum absolute atomic E-state index is 0.00415. The van der Waals surface area contributed by atoms with Crippen molar-refractivity contribution in [1.82, 2.24) is 4.90 Å². The minimum Gasteiger partial charge on any atom is -0.481 e. The Kier molecular flexibility index (Phi) is 5.04. The molecule has 0 aliphatic carbocycles. The van der Waals surface area contributed by atoms with Crippen LogP contribution in [0, 0.1) is 0 Å². The molecule has 2 N–H and O–H groups in total. The molecule has 0 aromatic carbocycles. The number of halogens is 1. The van der Waals surface area contributed by atoms with E-state index in [2.05, 4.69) is 15.9 Å². The molecular formula is C12H8BrNO6S2. The standard InChI is InChI=1S/C12H8BrNO6S2/c13-8-2-1-5(20-8)3-7-10(17)14(12(21)22-7)6(11(18)19)4-9(15)16/h1-3,6H,4H2,(H,15,16)(H,18,19)/b7-3+. The summed E-state index contributed by atoms with van der Waals surface area (Å²) >= 11 is 9.01. The van der Waals surface area contributed by atoms with Gasteiger partial charge in [-0.3, -0.25) is 14.5 Å². The van der Waals surface area contributed by atoms with Gasteiger partial charge in [0.1, 0.15) is 16.1 Å². The van der Waals surface area contributed by atoms with Crippen LogP contribution in [0.15, 0.2) is 26.1 Å². The highest BCUT2D eigenvalue weighted by molar-refractivity contribution is 9.10. The van der Waals surface area contributed by atoms with Crippen molar-refractivity contribution in [2.24, 2.45) is 0 Å². The molecule has 0 saturated carbocycles. The highest BCUT2D eigenvalue weighted by Crippen LogP contribution is 2.35. The van der Waals surface area contributed by atoms with Crippen molar-refractivity contribution in [3.8, 4) is 0 Å². The summed E-state index contributed by atoms with van der Waals surface area (Å²) in [6, 6.07) is 1.71. The first-order valence-electron chi connectivity index (χ1n) is 5.76. The molecule has 1 aromatic heterocycles. The van der Waals surface area contributed by atoms with E-state index < -0.39 is 30.3 Å². The van der Waals surface area contributed by atoms with Gasteiger partial charge in [0.05, 0.1) is 11.3 Å². The maximum Gasteiger partial charge on any atom is 0.327 e. The van der Waals surface area contributed by atoms with Crippen molar-refractivity contribution in [3.63, 3.8) is 0 Å². The van der Waals surface area contributed by atoms with Crippen LogP contribution in [0.1, 0.15) is 12.2 Å². The Morgan fingerprint density at radius 2 is 2.14 bits per heavy atom. The zero-order valence-corrected chi connectivity index (χ0v) is 13.9. The summed E-state index contributed by atoms with van der Waals surface area (Å²) in [6.45, 7) is 0. The predicted molar refractivity (Wildman–Crippen MR) is 85.1 cm³/mol. The topological polar surface area (TPSA) is 108 Å². The largest absolute Gasteiger partial charge is 0.481 e. The molecule has 22 heavy (non-hydrogen) atoms. The van der Waals surface area contributed by atoms with E-state index in [4.69, 9.17) is 26.8 Å². The normalized spacial score (nSPS) is 18.0. The van der Waals surface area contributed by atoms with E-state index in [0.717, 1.165) is 16.7 Å². The zero-order valence-electron chi connectivity index (χ0n) is 10.7. The monoisotopic (exact) mass is 405 g/mol. The smallest absolute Gasteiger partial charge is 0.327 e. The molecule has 1 aromatic rings. The fraction of sp³-hybridized carbons (Fsp3) is 0.167.